The van der Waals surface area contributed by atoms with E-state index in [0.29, 0.717) is 12.2 Å². The van der Waals surface area contributed by atoms with Gasteiger partial charge in [-0.25, -0.2) is 0 Å². The molecule has 0 spiro atoms. The second-order valence-corrected chi connectivity index (χ2v) is 8.74. The number of para-hydroxylation sites is 1. The van der Waals surface area contributed by atoms with E-state index >= 15 is 0 Å². The minimum atomic E-state index is -3.51. The van der Waals surface area contributed by atoms with Crippen molar-refractivity contribution >= 4 is 20.7 Å². The van der Waals surface area contributed by atoms with Gasteiger partial charge in [-0.2, -0.15) is 12.0 Å². The maximum absolute atomic E-state index is 11.7. The van der Waals surface area contributed by atoms with Crippen molar-refractivity contribution in [3.05, 3.63) is 30.3 Å². The Hall–Kier alpha value is -0.720. The second-order valence-electron chi connectivity index (χ2n) is 4.22. The topological polar surface area (TPSA) is 52.6 Å². The predicted octanol–water partition coefficient (Wildman–Crippen LogP) is 3.11. The SMILES string of the molecule is CCCCS(=O)(=O)OS(C)(C)Oc1ccccc1. The molecule has 0 heterocycles. The summed E-state index contributed by atoms with van der Waals surface area (Å²) in [6.45, 7) is 1.94. The summed E-state index contributed by atoms with van der Waals surface area (Å²) in [5.74, 6) is 0.654. The molecule has 0 amide bonds. The molecular formula is C12H20O4S2. The van der Waals surface area contributed by atoms with E-state index in [1.54, 1.807) is 24.6 Å². The molecule has 0 fully saturated rings. The summed E-state index contributed by atoms with van der Waals surface area (Å²) in [6, 6.07) is 9.08. The van der Waals surface area contributed by atoms with Crippen molar-refractivity contribution in [3.63, 3.8) is 0 Å². The van der Waals surface area contributed by atoms with Crippen LogP contribution in [-0.2, 0) is 13.7 Å². The molecule has 0 atom stereocenters. The summed E-state index contributed by atoms with van der Waals surface area (Å²) in [4.78, 5) is 0. The smallest absolute Gasteiger partial charge is 0.286 e. The summed E-state index contributed by atoms with van der Waals surface area (Å²) in [5.41, 5.74) is 0. The van der Waals surface area contributed by atoms with E-state index in [1.807, 2.05) is 25.1 Å². The molecule has 1 aromatic carbocycles. The molecule has 0 aromatic heterocycles. The van der Waals surface area contributed by atoms with Crippen LogP contribution in [0, 0.1) is 0 Å². The molecule has 4 nitrogen and oxygen atoms in total. The number of rotatable bonds is 7. The maximum atomic E-state index is 11.7. The fourth-order valence-electron chi connectivity index (χ4n) is 1.33. The highest BCUT2D eigenvalue weighted by molar-refractivity contribution is 8.28. The molecule has 1 rings (SSSR count). The average molecular weight is 292 g/mol. The molecule has 0 radical (unpaired) electrons. The Labute approximate surface area is 111 Å². The van der Waals surface area contributed by atoms with Crippen molar-refractivity contribution < 1.29 is 16.2 Å². The third kappa shape index (κ3) is 5.75. The van der Waals surface area contributed by atoms with Crippen LogP contribution in [0.15, 0.2) is 30.3 Å². The van der Waals surface area contributed by atoms with Crippen LogP contribution in [0.3, 0.4) is 0 Å². The normalized spacial score (nSPS) is 13.3. The summed E-state index contributed by atoms with van der Waals surface area (Å²) < 4.78 is 34.2. The standard InChI is InChI=1S/C12H20O4S2/c1-4-5-11-18(13,14)16-17(2,3)15-12-9-7-6-8-10-12/h6-10H,4-5,11H2,1-3H3. The van der Waals surface area contributed by atoms with Crippen molar-refractivity contribution in [1.29, 1.82) is 0 Å². The van der Waals surface area contributed by atoms with Gasteiger partial charge in [-0.1, -0.05) is 31.5 Å². The molecule has 1 aromatic rings. The van der Waals surface area contributed by atoms with Crippen LogP contribution >= 0.6 is 10.6 Å². The van der Waals surface area contributed by atoms with Crippen molar-refractivity contribution in [2.24, 2.45) is 0 Å². The first-order valence-electron chi connectivity index (χ1n) is 5.76. The monoisotopic (exact) mass is 292 g/mol. The Morgan fingerprint density at radius 3 is 2.28 bits per heavy atom. The van der Waals surface area contributed by atoms with Crippen LogP contribution in [0.25, 0.3) is 0 Å². The van der Waals surface area contributed by atoms with Gasteiger partial charge in [0, 0.05) is 12.5 Å². The molecule has 104 valence electrons. The first-order chi connectivity index (χ1) is 8.35. The maximum Gasteiger partial charge on any atom is 0.286 e. The molecule has 0 aliphatic rings. The minimum absolute atomic E-state index is 0.0398. The van der Waals surface area contributed by atoms with E-state index in [2.05, 4.69) is 0 Å². The minimum Gasteiger partial charge on any atom is -0.391 e. The molecule has 0 aliphatic carbocycles. The fraction of sp³-hybridized carbons (Fsp3) is 0.500. The molecule has 0 N–H and O–H groups in total. The van der Waals surface area contributed by atoms with Gasteiger partial charge < -0.3 is 4.18 Å². The lowest BCUT2D eigenvalue weighted by molar-refractivity contribution is 0.471. The van der Waals surface area contributed by atoms with Gasteiger partial charge in [0.15, 0.2) is 5.75 Å². The lowest BCUT2D eigenvalue weighted by atomic mass is 10.3. The van der Waals surface area contributed by atoms with Gasteiger partial charge in [-0.05, 0) is 18.6 Å². The zero-order valence-corrected chi connectivity index (χ0v) is 12.6. The Kier molecular flexibility index (Phi) is 5.49. The zero-order chi connectivity index (χ0) is 13.6. The summed E-state index contributed by atoms with van der Waals surface area (Å²) in [5, 5.41) is 0. The molecule has 18 heavy (non-hydrogen) atoms. The molecule has 0 saturated heterocycles. The third-order valence-electron chi connectivity index (χ3n) is 2.06. The van der Waals surface area contributed by atoms with Crippen LogP contribution < -0.4 is 4.18 Å². The van der Waals surface area contributed by atoms with E-state index in [0.717, 1.165) is 6.42 Å². The van der Waals surface area contributed by atoms with Crippen molar-refractivity contribution in [2.75, 3.05) is 18.3 Å². The number of unbranched alkanes of at least 4 members (excludes halogenated alkanes) is 1. The molecule has 0 unspecified atom stereocenters. The highest BCUT2D eigenvalue weighted by Gasteiger charge is 2.21. The van der Waals surface area contributed by atoms with E-state index in [4.69, 9.17) is 7.81 Å². The van der Waals surface area contributed by atoms with Crippen LogP contribution in [0.2, 0.25) is 0 Å². The summed E-state index contributed by atoms with van der Waals surface area (Å²) in [6.07, 6.45) is 4.76. The molecule has 0 saturated carbocycles. The first kappa shape index (κ1) is 15.3. The molecule has 0 bridgehead atoms. The van der Waals surface area contributed by atoms with Crippen molar-refractivity contribution in [1.82, 2.24) is 0 Å². The Bertz CT molecular complexity index is 454. The lowest BCUT2D eigenvalue weighted by Gasteiger charge is -2.34. The average Bonchev–Trinajstić information content (AvgIpc) is 2.25. The van der Waals surface area contributed by atoms with Crippen LogP contribution in [0.4, 0.5) is 0 Å². The lowest BCUT2D eigenvalue weighted by Crippen LogP contribution is -2.17. The van der Waals surface area contributed by atoms with E-state index in [9.17, 15) is 8.42 Å². The van der Waals surface area contributed by atoms with Crippen molar-refractivity contribution in [3.8, 4) is 5.75 Å². The van der Waals surface area contributed by atoms with Gasteiger partial charge in [-0.15, -0.1) is 10.6 Å². The third-order valence-corrected chi connectivity index (χ3v) is 5.58. The second kappa shape index (κ2) is 6.45. The zero-order valence-electron chi connectivity index (χ0n) is 11.0. The molecular weight excluding hydrogens is 272 g/mol. The molecule has 0 aliphatic heterocycles. The van der Waals surface area contributed by atoms with Gasteiger partial charge in [0.25, 0.3) is 10.1 Å². The summed E-state index contributed by atoms with van der Waals surface area (Å²) in [7, 11) is -5.62. The number of hydrogen-bond donors (Lipinski definition) is 0. The molecule has 6 heteroatoms. The quantitative estimate of drug-likeness (QED) is 0.775. The van der Waals surface area contributed by atoms with Crippen LogP contribution in [-0.4, -0.2) is 26.7 Å². The van der Waals surface area contributed by atoms with E-state index in [-0.39, 0.29) is 5.75 Å². The summed E-state index contributed by atoms with van der Waals surface area (Å²) >= 11 is 0. The van der Waals surface area contributed by atoms with Gasteiger partial charge in [-0.3, -0.25) is 0 Å². The fourth-order valence-corrected chi connectivity index (χ4v) is 4.92. The van der Waals surface area contributed by atoms with Crippen molar-refractivity contribution in [2.45, 2.75) is 19.8 Å². The largest absolute Gasteiger partial charge is 0.391 e. The Balaban J connectivity index is 2.64. The van der Waals surface area contributed by atoms with Crippen LogP contribution in [0.5, 0.6) is 5.75 Å². The van der Waals surface area contributed by atoms with Gasteiger partial charge >= 0.3 is 0 Å². The highest BCUT2D eigenvalue weighted by Crippen LogP contribution is 2.44. The number of hydrogen-bond acceptors (Lipinski definition) is 4. The Morgan fingerprint density at radius 1 is 1.11 bits per heavy atom. The highest BCUT2D eigenvalue weighted by atomic mass is 32.3. The van der Waals surface area contributed by atoms with Gasteiger partial charge in [0.05, 0.1) is 5.75 Å². The van der Waals surface area contributed by atoms with Crippen LogP contribution in [0.1, 0.15) is 19.8 Å². The van der Waals surface area contributed by atoms with E-state index < -0.39 is 20.7 Å². The predicted molar refractivity (Wildman–Crippen MR) is 76.3 cm³/mol. The Morgan fingerprint density at radius 2 is 1.72 bits per heavy atom. The van der Waals surface area contributed by atoms with E-state index in [1.165, 1.54) is 0 Å². The van der Waals surface area contributed by atoms with Gasteiger partial charge in [0.1, 0.15) is 0 Å². The van der Waals surface area contributed by atoms with Gasteiger partial charge in [0.2, 0.25) is 0 Å². The first-order valence-corrected chi connectivity index (χ1v) is 9.64. The number of benzene rings is 1.